The van der Waals surface area contributed by atoms with Gasteiger partial charge in [0, 0.05) is 38.9 Å². The number of pyridine rings is 2. The molecule has 32 heavy (non-hydrogen) atoms. The second kappa shape index (κ2) is 8.64. The van der Waals surface area contributed by atoms with Gasteiger partial charge in [-0.25, -0.2) is 14.2 Å². The number of fused-ring (bicyclic) bond motifs is 1. The monoisotopic (exact) mass is 494 g/mol. The van der Waals surface area contributed by atoms with Crippen LogP contribution in [0.2, 0.25) is 0 Å². The molecular weight excluding hydrogens is 473 g/mol. The summed E-state index contributed by atoms with van der Waals surface area (Å²) in [5.74, 6) is -2.54. The minimum atomic E-state index is -5.16. The van der Waals surface area contributed by atoms with Crippen molar-refractivity contribution in [3.63, 3.8) is 0 Å². The Kier molecular flexibility index (Phi) is 6.60. The van der Waals surface area contributed by atoms with E-state index in [1.165, 1.54) is 9.47 Å². The molecule has 1 aliphatic heterocycles. The van der Waals surface area contributed by atoms with E-state index in [4.69, 9.17) is 0 Å². The molecule has 0 bridgehead atoms. The summed E-state index contributed by atoms with van der Waals surface area (Å²) in [4.78, 5) is 67.8. The van der Waals surface area contributed by atoms with Gasteiger partial charge in [0.25, 0.3) is 0 Å². The zero-order chi connectivity index (χ0) is 24.0. The van der Waals surface area contributed by atoms with Crippen LogP contribution in [0, 0.1) is 5.82 Å². The molecule has 13 nitrogen and oxygen atoms in total. The van der Waals surface area contributed by atoms with Crippen LogP contribution < -0.4 is 10.3 Å². The maximum atomic E-state index is 14.8. The lowest BCUT2D eigenvalue weighted by molar-refractivity contribution is 0.0694. The highest BCUT2D eigenvalue weighted by atomic mass is 31.2. The van der Waals surface area contributed by atoms with Crippen LogP contribution in [0.3, 0.4) is 0 Å². The SMILES string of the molecule is CCn1cc(C(=O)O)c(=O)c2cc(F)c(N3CCN(C(P(=O)(O)O)P(=O)(O)O)CC3)nc21. The molecule has 0 unspecified atom stereocenters. The molecule has 3 heterocycles. The summed E-state index contributed by atoms with van der Waals surface area (Å²) in [6, 6.07) is 0.888. The average molecular weight is 494 g/mol. The van der Waals surface area contributed by atoms with Crippen LogP contribution >= 0.6 is 15.2 Å². The molecule has 1 fully saturated rings. The van der Waals surface area contributed by atoms with Crippen LogP contribution in [0.1, 0.15) is 17.3 Å². The number of aromatic nitrogens is 2. The highest BCUT2D eigenvalue weighted by molar-refractivity contribution is 7.70. The van der Waals surface area contributed by atoms with Gasteiger partial charge in [-0.2, -0.15) is 0 Å². The fraction of sp³-hybridized carbons (Fsp3) is 0.438. The molecule has 0 amide bonds. The number of carboxylic acids is 1. The van der Waals surface area contributed by atoms with E-state index in [0.29, 0.717) is 0 Å². The van der Waals surface area contributed by atoms with E-state index in [1.54, 1.807) is 6.92 Å². The molecule has 1 saturated heterocycles. The van der Waals surface area contributed by atoms with Gasteiger partial charge in [0.15, 0.2) is 11.6 Å². The normalized spacial score (nSPS) is 16.2. The van der Waals surface area contributed by atoms with Gasteiger partial charge < -0.3 is 34.1 Å². The van der Waals surface area contributed by atoms with Crippen LogP contribution in [-0.4, -0.2) is 76.8 Å². The third-order valence-electron chi connectivity index (χ3n) is 5.10. The molecule has 16 heteroatoms. The highest BCUT2D eigenvalue weighted by Gasteiger charge is 2.48. The zero-order valence-corrected chi connectivity index (χ0v) is 18.5. The number of rotatable bonds is 6. The number of carboxylic acid groups (broad SMARTS) is 1. The smallest absolute Gasteiger partial charge is 0.354 e. The highest BCUT2D eigenvalue weighted by Crippen LogP contribution is 2.61. The summed E-state index contributed by atoms with van der Waals surface area (Å²) in [6.07, 6.45) is 1.12. The second-order valence-corrected chi connectivity index (χ2v) is 10.9. The minimum absolute atomic E-state index is 0.0599. The molecule has 0 aliphatic carbocycles. The van der Waals surface area contributed by atoms with Crippen LogP contribution in [-0.2, 0) is 15.7 Å². The Morgan fingerprint density at radius 3 is 2.19 bits per heavy atom. The van der Waals surface area contributed by atoms with Crippen molar-refractivity contribution in [3.8, 4) is 0 Å². The summed E-state index contributed by atoms with van der Waals surface area (Å²) in [5, 5.41) is 8.99. The van der Waals surface area contributed by atoms with Gasteiger partial charge in [0.1, 0.15) is 11.2 Å². The number of aromatic carboxylic acids is 1. The number of halogens is 1. The predicted molar refractivity (Wildman–Crippen MR) is 110 cm³/mol. The molecule has 5 N–H and O–H groups in total. The molecular formula is C16H21FN4O9P2. The van der Waals surface area contributed by atoms with Gasteiger partial charge in [-0.05, 0) is 13.0 Å². The number of piperazine rings is 1. The minimum Gasteiger partial charge on any atom is -0.477 e. The van der Waals surface area contributed by atoms with E-state index >= 15 is 0 Å². The fourth-order valence-electron chi connectivity index (χ4n) is 3.68. The lowest BCUT2D eigenvalue weighted by atomic mass is 10.2. The molecule has 0 spiro atoms. The Hall–Kier alpha value is -2.18. The van der Waals surface area contributed by atoms with Crippen molar-refractivity contribution in [2.45, 2.75) is 19.0 Å². The standard InChI is InChI=1S/C16H21FN4O9P2/c1-2-19-8-10(15(23)24)12(22)9-7-11(17)14(18-13(9)19)20-3-5-21(6-4-20)16(31(25,26)27)32(28,29)30/h7-8,16H,2-6H2,1H3,(H,23,24)(H2,25,26,27)(H2,28,29,30). The van der Waals surface area contributed by atoms with E-state index in [-0.39, 0.29) is 49.6 Å². The Labute approximate surface area is 180 Å². The van der Waals surface area contributed by atoms with Crippen LogP contribution in [0.25, 0.3) is 11.0 Å². The Bertz CT molecular complexity index is 1190. The molecule has 0 atom stereocenters. The maximum Gasteiger partial charge on any atom is 0.354 e. The van der Waals surface area contributed by atoms with Crippen LogP contribution in [0.4, 0.5) is 10.2 Å². The number of anilines is 1. The first-order valence-electron chi connectivity index (χ1n) is 9.32. The largest absolute Gasteiger partial charge is 0.477 e. The first kappa shape index (κ1) is 24.5. The Morgan fingerprint density at radius 1 is 1.16 bits per heavy atom. The molecule has 3 rings (SSSR count). The lowest BCUT2D eigenvalue weighted by Gasteiger charge is -2.39. The summed E-state index contributed by atoms with van der Waals surface area (Å²) >= 11 is 0. The van der Waals surface area contributed by atoms with Crippen molar-refractivity contribution in [1.29, 1.82) is 0 Å². The summed E-state index contributed by atoms with van der Waals surface area (Å²) in [7, 11) is -10.3. The summed E-state index contributed by atoms with van der Waals surface area (Å²) in [5.41, 5.74) is -3.65. The van der Waals surface area contributed by atoms with Crippen molar-refractivity contribution < 1.29 is 43.0 Å². The van der Waals surface area contributed by atoms with Gasteiger partial charge in [-0.3, -0.25) is 18.8 Å². The summed E-state index contributed by atoms with van der Waals surface area (Å²) in [6.45, 7) is 1.42. The van der Waals surface area contributed by atoms with Gasteiger partial charge in [0.05, 0.1) is 5.39 Å². The van der Waals surface area contributed by atoms with Gasteiger partial charge in [0.2, 0.25) is 11.0 Å². The predicted octanol–water partition coefficient (Wildman–Crippen LogP) is 0.0147. The second-order valence-electron chi connectivity index (χ2n) is 7.18. The number of aryl methyl sites for hydroxylation is 1. The molecule has 2 aromatic heterocycles. The molecule has 0 saturated carbocycles. The Morgan fingerprint density at radius 2 is 1.72 bits per heavy atom. The zero-order valence-electron chi connectivity index (χ0n) is 16.7. The number of hydrogen-bond donors (Lipinski definition) is 5. The van der Waals surface area contributed by atoms with E-state index in [2.05, 4.69) is 4.98 Å². The van der Waals surface area contributed by atoms with E-state index < -0.39 is 43.5 Å². The summed E-state index contributed by atoms with van der Waals surface area (Å²) < 4.78 is 39.4. The van der Waals surface area contributed by atoms with Gasteiger partial charge >= 0.3 is 21.2 Å². The number of nitrogens with zero attached hydrogens (tertiary/aromatic N) is 4. The lowest BCUT2D eigenvalue weighted by Crippen LogP contribution is -2.50. The Balaban J connectivity index is 1.97. The van der Waals surface area contributed by atoms with E-state index in [0.717, 1.165) is 17.2 Å². The van der Waals surface area contributed by atoms with E-state index in [9.17, 15) is 47.8 Å². The van der Waals surface area contributed by atoms with Crippen molar-refractivity contribution in [3.05, 3.63) is 33.9 Å². The number of hydrogen-bond acceptors (Lipinski definition) is 7. The average Bonchev–Trinajstić information content (AvgIpc) is 2.66. The molecule has 0 aromatic carbocycles. The topological polar surface area (TPSA) is 194 Å². The number of carbonyl (C=O) groups is 1. The van der Waals surface area contributed by atoms with Crippen molar-refractivity contribution in [2.24, 2.45) is 0 Å². The fourth-order valence-corrected chi connectivity index (χ4v) is 6.56. The van der Waals surface area contributed by atoms with Gasteiger partial charge in [-0.1, -0.05) is 0 Å². The maximum absolute atomic E-state index is 14.8. The third kappa shape index (κ3) is 4.62. The van der Waals surface area contributed by atoms with Crippen LogP contribution in [0.15, 0.2) is 17.1 Å². The van der Waals surface area contributed by atoms with Crippen molar-refractivity contribution in [2.75, 3.05) is 31.1 Å². The quantitative estimate of drug-likeness (QED) is 0.338. The van der Waals surface area contributed by atoms with E-state index in [1.807, 2.05) is 0 Å². The van der Waals surface area contributed by atoms with Crippen LogP contribution in [0.5, 0.6) is 0 Å². The van der Waals surface area contributed by atoms with Crippen molar-refractivity contribution >= 4 is 38.0 Å². The van der Waals surface area contributed by atoms with Gasteiger partial charge in [-0.15, -0.1) is 0 Å². The first-order chi connectivity index (χ1) is 14.8. The third-order valence-corrected chi connectivity index (χ3v) is 8.76. The molecule has 0 radical (unpaired) electrons. The molecule has 176 valence electrons. The first-order valence-corrected chi connectivity index (χ1v) is 12.7. The van der Waals surface area contributed by atoms with Crippen molar-refractivity contribution in [1.82, 2.24) is 14.5 Å². The molecule has 2 aromatic rings. The molecule has 1 aliphatic rings.